The van der Waals surface area contributed by atoms with Crippen LogP contribution in [0, 0.1) is 11.8 Å². The summed E-state index contributed by atoms with van der Waals surface area (Å²) in [7, 11) is 0. The smallest absolute Gasteiger partial charge is 0.249 e. The summed E-state index contributed by atoms with van der Waals surface area (Å²) in [5, 5.41) is 5.34. The highest BCUT2D eigenvalue weighted by Crippen LogP contribution is 2.13. The molecule has 19 heavy (non-hydrogen) atoms. The molecule has 1 atom stereocenters. The Morgan fingerprint density at radius 3 is 3.05 bits per heavy atom. The summed E-state index contributed by atoms with van der Waals surface area (Å²) in [4.78, 5) is 26.7. The van der Waals surface area contributed by atoms with E-state index in [1.807, 2.05) is 0 Å². The van der Waals surface area contributed by atoms with E-state index in [2.05, 4.69) is 27.5 Å². The second-order valence-electron chi connectivity index (χ2n) is 4.12. The standard InChI is InChI=1S/C13H14N4O2/c14-5-1-2-9-6-10(8-15-7-9)16-11-3-4-12(18)17-13(11)19/h6-8,11,16H,3-5,14H2,(H,17,18,19). The Balaban J connectivity index is 2.06. The Bertz CT molecular complexity index is 559. The molecule has 0 spiro atoms. The second-order valence-corrected chi connectivity index (χ2v) is 4.12. The maximum atomic E-state index is 11.6. The molecule has 1 aliphatic rings. The zero-order valence-electron chi connectivity index (χ0n) is 10.3. The Kier molecular flexibility index (Phi) is 4.11. The fraction of sp³-hybridized carbons (Fsp3) is 0.308. The fourth-order valence-electron chi connectivity index (χ4n) is 1.77. The lowest BCUT2D eigenvalue weighted by Crippen LogP contribution is -2.47. The van der Waals surface area contributed by atoms with Crippen LogP contribution >= 0.6 is 0 Å². The number of pyridine rings is 1. The Hall–Kier alpha value is -2.39. The van der Waals surface area contributed by atoms with Gasteiger partial charge in [-0.1, -0.05) is 11.8 Å². The highest BCUT2D eigenvalue weighted by atomic mass is 16.2. The van der Waals surface area contributed by atoms with Crippen LogP contribution in [0.4, 0.5) is 5.69 Å². The Labute approximate surface area is 110 Å². The number of nitrogens with two attached hydrogens (primary N) is 1. The SMILES string of the molecule is NCC#Cc1cncc(NC2CCC(=O)NC2=O)c1. The van der Waals surface area contributed by atoms with Crippen LogP contribution in [0.15, 0.2) is 18.5 Å². The molecule has 6 heteroatoms. The first-order chi connectivity index (χ1) is 9.19. The van der Waals surface area contributed by atoms with Gasteiger partial charge in [0.25, 0.3) is 0 Å². The van der Waals surface area contributed by atoms with Gasteiger partial charge in [-0.15, -0.1) is 0 Å². The topological polar surface area (TPSA) is 97.1 Å². The molecular weight excluding hydrogens is 244 g/mol. The molecule has 2 rings (SSSR count). The van der Waals surface area contributed by atoms with E-state index in [-0.39, 0.29) is 18.4 Å². The van der Waals surface area contributed by atoms with Gasteiger partial charge < -0.3 is 11.1 Å². The third-order valence-corrected chi connectivity index (χ3v) is 2.65. The summed E-state index contributed by atoms with van der Waals surface area (Å²) < 4.78 is 0. The van der Waals surface area contributed by atoms with Gasteiger partial charge in [-0.25, -0.2) is 0 Å². The summed E-state index contributed by atoms with van der Waals surface area (Å²) in [5.74, 6) is 5.06. The van der Waals surface area contributed by atoms with Crippen molar-refractivity contribution in [2.75, 3.05) is 11.9 Å². The number of aromatic nitrogens is 1. The lowest BCUT2D eigenvalue weighted by Gasteiger charge is -2.22. The number of rotatable bonds is 2. The van der Waals surface area contributed by atoms with Gasteiger partial charge in [-0.2, -0.15) is 0 Å². The second kappa shape index (κ2) is 5.98. The van der Waals surface area contributed by atoms with Crippen LogP contribution in [-0.4, -0.2) is 29.4 Å². The molecule has 6 nitrogen and oxygen atoms in total. The van der Waals surface area contributed by atoms with E-state index in [0.717, 1.165) is 5.56 Å². The molecule has 0 saturated carbocycles. The molecule has 98 valence electrons. The quantitative estimate of drug-likeness (QED) is 0.496. The molecule has 0 aromatic carbocycles. The van der Waals surface area contributed by atoms with Crippen LogP contribution in [0.2, 0.25) is 0 Å². The summed E-state index contributed by atoms with van der Waals surface area (Å²) in [6.45, 7) is 0.283. The Morgan fingerprint density at radius 2 is 2.32 bits per heavy atom. The van der Waals surface area contributed by atoms with Crippen molar-refractivity contribution in [3.05, 3.63) is 24.0 Å². The van der Waals surface area contributed by atoms with Crippen molar-refractivity contribution < 1.29 is 9.59 Å². The minimum Gasteiger partial charge on any atom is -0.372 e. The third kappa shape index (κ3) is 3.53. The van der Waals surface area contributed by atoms with E-state index in [1.165, 1.54) is 0 Å². The monoisotopic (exact) mass is 258 g/mol. The van der Waals surface area contributed by atoms with E-state index in [1.54, 1.807) is 18.5 Å². The highest BCUT2D eigenvalue weighted by molar-refractivity contribution is 6.01. The molecule has 4 N–H and O–H groups in total. The molecule has 1 aromatic rings. The van der Waals surface area contributed by atoms with E-state index < -0.39 is 6.04 Å². The van der Waals surface area contributed by atoms with E-state index in [0.29, 0.717) is 18.5 Å². The van der Waals surface area contributed by atoms with Crippen LogP contribution in [0.25, 0.3) is 0 Å². The molecule has 0 radical (unpaired) electrons. The molecule has 0 aliphatic carbocycles. The lowest BCUT2D eigenvalue weighted by molar-refractivity contribution is -0.133. The van der Waals surface area contributed by atoms with Crippen LogP contribution in [0.1, 0.15) is 18.4 Å². The average Bonchev–Trinajstić information content (AvgIpc) is 2.40. The number of nitrogens with one attached hydrogen (secondary N) is 2. The van der Waals surface area contributed by atoms with Gasteiger partial charge in [-0.05, 0) is 12.5 Å². The van der Waals surface area contributed by atoms with Gasteiger partial charge in [0, 0.05) is 18.2 Å². The summed E-state index contributed by atoms with van der Waals surface area (Å²) in [6.07, 6.45) is 4.04. The van der Waals surface area contributed by atoms with Gasteiger partial charge in [0.15, 0.2) is 0 Å². The number of carbonyl (C=O) groups excluding carboxylic acids is 2. The van der Waals surface area contributed by atoms with Crippen LogP contribution in [0.3, 0.4) is 0 Å². The predicted molar refractivity (Wildman–Crippen MR) is 70.0 cm³/mol. The van der Waals surface area contributed by atoms with E-state index in [9.17, 15) is 9.59 Å². The first-order valence-electron chi connectivity index (χ1n) is 5.93. The number of carbonyl (C=O) groups is 2. The predicted octanol–water partition coefficient (Wildman–Crippen LogP) is -0.391. The van der Waals surface area contributed by atoms with Crippen molar-refractivity contribution in [1.82, 2.24) is 10.3 Å². The highest BCUT2D eigenvalue weighted by Gasteiger charge is 2.26. The van der Waals surface area contributed by atoms with Crippen LogP contribution < -0.4 is 16.4 Å². The van der Waals surface area contributed by atoms with Gasteiger partial charge in [-0.3, -0.25) is 19.9 Å². The lowest BCUT2D eigenvalue weighted by atomic mass is 10.1. The minimum atomic E-state index is -0.419. The Morgan fingerprint density at radius 1 is 1.47 bits per heavy atom. The van der Waals surface area contributed by atoms with Gasteiger partial charge in [0.05, 0.1) is 18.4 Å². The van der Waals surface area contributed by atoms with Crippen molar-refractivity contribution in [1.29, 1.82) is 0 Å². The van der Waals surface area contributed by atoms with Crippen molar-refractivity contribution in [2.24, 2.45) is 5.73 Å². The average molecular weight is 258 g/mol. The van der Waals surface area contributed by atoms with Crippen LogP contribution in [-0.2, 0) is 9.59 Å². The van der Waals surface area contributed by atoms with Gasteiger partial charge in [0.2, 0.25) is 11.8 Å². The molecule has 1 fully saturated rings. The minimum absolute atomic E-state index is 0.233. The molecule has 1 aromatic heterocycles. The molecule has 1 unspecified atom stereocenters. The maximum absolute atomic E-state index is 11.6. The third-order valence-electron chi connectivity index (χ3n) is 2.65. The molecule has 0 bridgehead atoms. The first-order valence-corrected chi connectivity index (χ1v) is 5.93. The molecule has 1 aliphatic heterocycles. The summed E-state index contributed by atoms with van der Waals surface area (Å²) in [6, 6.07) is 1.37. The van der Waals surface area contributed by atoms with Crippen LogP contribution in [0.5, 0.6) is 0 Å². The maximum Gasteiger partial charge on any atom is 0.249 e. The fourth-order valence-corrected chi connectivity index (χ4v) is 1.77. The number of amides is 2. The van der Waals surface area contributed by atoms with Crippen molar-refractivity contribution in [3.8, 4) is 11.8 Å². The number of hydrogen-bond acceptors (Lipinski definition) is 5. The zero-order valence-corrected chi connectivity index (χ0v) is 10.3. The first kappa shape index (κ1) is 13.1. The van der Waals surface area contributed by atoms with Crippen molar-refractivity contribution in [2.45, 2.75) is 18.9 Å². The number of piperidine rings is 1. The molecule has 2 amide bonds. The molecule has 2 heterocycles. The largest absolute Gasteiger partial charge is 0.372 e. The van der Waals surface area contributed by atoms with E-state index in [4.69, 9.17) is 5.73 Å². The van der Waals surface area contributed by atoms with Gasteiger partial charge in [0.1, 0.15) is 6.04 Å². The van der Waals surface area contributed by atoms with Crippen molar-refractivity contribution >= 4 is 17.5 Å². The number of anilines is 1. The number of imide groups is 1. The number of nitrogens with zero attached hydrogens (tertiary/aromatic N) is 1. The molecular formula is C13H14N4O2. The summed E-state index contributed by atoms with van der Waals surface area (Å²) >= 11 is 0. The number of hydrogen-bond donors (Lipinski definition) is 3. The summed E-state index contributed by atoms with van der Waals surface area (Å²) in [5.41, 5.74) is 6.72. The van der Waals surface area contributed by atoms with Crippen molar-refractivity contribution in [3.63, 3.8) is 0 Å². The van der Waals surface area contributed by atoms with E-state index >= 15 is 0 Å². The normalized spacial score (nSPS) is 18.3. The van der Waals surface area contributed by atoms with Gasteiger partial charge >= 0.3 is 0 Å². The molecule has 1 saturated heterocycles. The zero-order chi connectivity index (χ0) is 13.7.